The van der Waals surface area contributed by atoms with Crippen LogP contribution in [-0.4, -0.2) is 44.6 Å². The summed E-state index contributed by atoms with van der Waals surface area (Å²) in [6.45, 7) is 1.61. The van der Waals surface area contributed by atoms with Gasteiger partial charge in [-0.25, -0.2) is 4.39 Å². The molecular weight excluding hydrogens is 411 g/mol. The van der Waals surface area contributed by atoms with Gasteiger partial charge in [0.2, 0.25) is 5.91 Å². The van der Waals surface area contributed by atoms with Gasteiger partial charge in [0.25, 0.3) is 0 Å². The van der Waals surface area contributed by atoms with Crippen LogP contribution in [0.2, 0.25) is 0 Å². The van der Waals surface area contributed by atoms with Crippen LogP contribution in [0.4, 0.5) is 4.39 Å². The second-order valence-corrected chi connectivity index (χ2v) is 8.40. The Morgan fingerprint density at radius 2 is 1.94 bits per heavy atom. The molecule has 1 atom stereocenters. The first-order valence-electron chi connectivity index (χ1n) is 11.1. The molecule has 1 saturated heterocycles. The number of nitrogens with zero attached hydrogens (tertiary/aromatic N) is 1. The number of hydrogen-bond donors (Lipinski definition) is 1. The van der Waals surface area contributed by atoms with Crippen molar-refractivity contribution in [2.24, 2.45) is 10.6 Å². The maximum absolute atomic E-state index is 13.3. The van der Waals surface area contributed by atoms with Crippen LogP contribution in [0, 0.1) is 11.2 Å². The molecule has 0 aromatic heterocycles. The van der Waals surface area contributed by atoms with E-state index < -0.39 is 5.41 Å². The van der Waals surface area contributed by atoms with Crippen molar-refractivity contribution in [1.29, 1.82) is 0 Å². The molecule has 2 heterocycles. The number of oxime groups is 1. The summed E-state index contributed by atoms with van der Waals surface area (Å²) >= 11 is 0. The van der Waals surface area contributed by atoms with Gasteiger partial charge in [-0.2, -0.15) is 0 Å². The molecule has 0 saturated carbocycles. The van der Waals surface area contributed by atoms with Gasteiger partial charge < -0.3 is 19.6 Å². The summed E-state index contributed by atoms with van der Waals surface area (Å²) in [4.78, 5) is 19.0. The van der Waals surface area contributed by atoms with Crippen LogP contribution in [0.3, 0.4) is 0 Å². The molecule has 2 aromatic rings. The van der Waals surface area contributed by atoms with Gasteiger partial charge in [0.05, 0.1) is 18.2 Å². The van der Waals surface area contributed by atoms with Crippen LogP contribution in [0.5, 0.6) is 5.75 Å². The second-order valence-electron chi connectivity index (χ2n) is 8.40. The predicted molar refractivity (Wildman–Crippen MR) is 119 cm³/mol. The molecule has 2 aliphatic rings. The van der Waals surface area contributed by atoms with Gasteiger partial charge in [0.15, 0.2) is 0 Å². The normalized spacial score (nSPS) is 19.7. The van der Waals surface area contributed by atoms with E-state index in [9.17, 15) is 9.18 Å². The van der Waals surface area contributed by atoms with Gasteiger partial charge in [0.1, 0.15) is 17.7 Å². The predicted octanol–water partition coefficient (Wildman–Crippen LogP) is 3.87. The number of para-hydroxylation sites is 1. The van der Waals surface area contributed by atoms with Crippen LogP contribution in [-0.2, 0) is 20.8 Å². The molecule has 0 bridgehead atoms. The molecule has 4 rings (SSSR count). The average Bonchev–Trinajstić information content (AvgIpc) is 3.29. The largest absolute Gasteiger partial charge is 0.496 e. The number of ether oxygens (including phenoxy) is 2. The summed E-state index contributed by atoms with van der Waals surface area (Å²) in [6.07, 6.45) is 3.00. The monoisotopic (exact) mass is 440 g/mol. The lowest BCUT2D eigenvalue weighted by Gasteiger charge is -2.37. The van der Waals surface area contributed by atoms with Crippen molar-refractivity contribution < 1.29 is 23.5 Å². The smallest absolute Gasteiger partial charge is 0.226 e. The fourth-order valence-electron chi connectivity index (χ4n) is 4.46. The van der Waals surface area contributed by atoms with Crippen molar-refractivity contribution in [2.45, 2.75) is 38.2 Å². The summed E-state index contributed by atoms with van der Waals surface area (Å²) in [7, 11) is 1.64. The van der Waals surface area contributed by atoms with Crippen molar-refractivity contribution in [1.82, 2.24) is 5.32 Å². The van der Waals surface area contributed by atoms with Crippen molar-refractivity contribution in [3.8, 4) is 5.75 Å². The molecule has 7 heteroatoms. The average molecular weight is 441 g/mol. The maximum Gasteiger partial charge on any atom is 0.226 e. The fourth-order valence-corrected chi connectivity index (χ4v) is 4.46. The number of rotatable bonds is 8. The lowest BCUT2D eigenvalue weighted by atomic mass is 9.74. The first-order chi connectivity index (χ1) is 15.6. The number of carbonyl (C=O) groups is 1. The van der Waals surface area contributed by atoms with E-state index in [1.165, 1.54) is 12.1 Å². The Kier molecular flexibility index (Phi) is 7.05. The number of nitrogens with one attached hydrogen (secondary N) is 1. The molecule has 170 valence electrons. The zero-order valence-corrected chi connectivity index (χ0v) is 18.3. The third-order valence-electron chi connectivity index (χ3n) is 6.31. The molecule has 1 unspecified atom stereocenters. The summed E-state index contributed by atoms with van der Waals surface area (Å²) in [5.41, 5.74) is 2.20. The van der Waals surface area contributed by atoms with E-state index in [0.29, 0.717) is 51.9 Å². The Balaban J connectivity index is 1.37. The van der Waals surface area contributed by atoms with Gasteiger partial charge in [-0.15, -0.1) is 0 Å². The van der Waals surface area contributed by atoms with Gasteiger partial charge in [-0.3, -0.25) is 4.79 Å². The zero-order chi connectivity index (χ0) is 22.4. The molecule has 0 radical (unpaired) electrons. The molecule has 0 spiro atoms. The molecule has 32 heavy (non-hydrogen) atoms. The minimum Gasteiger partial charge on any atom is -0.496 e. The van der Waals surface area contributed by atoms with E-state index in [1.807, 2.05) is 24.3 Å². The van der Waals surface area contributed by atoms with Crippen LogP contribution in [0.15, 0.2) is 53.7 Å². The summed E-state index contributed by atoms with van der Waals surface area (Å²) in [6, 6.07) is 14.1. The molecule has 1 amide bonds. The molecule has 6 nitrogen and oxygen atoms in total. The van der Waals surface area contributed by atoms with Gasteiger partial charge in [-0.05, 0) is 49.1 Å². The SMILES string of the molecule is COc1ccccc1C1=NOC(CC2(C(=O)NCCc3ccc(F)cc3)CCOCC2)C1. The number of carbonyl (C=O) groups excluding carboxylic acids is 1. The first-order valence-corrected chi connectivity index (χ1v) is 11.1. The van der Waals surface area contributed by atoms with Crippen molar-refractivity contribution >= 4 is 11.6 Å². The van der Waals surface area contributed by atoms with E-state index in [2.05, 4.69) is 10.5 Å². The van der Waals surface area contributed by atoms with Crippen LogP contribution in [0.1, 0.15) is 36.8 Å². The number of hydrogen-bond acceptors (Lipinski definition) is 5. The van der Waals surface area contributed by atoms with Gasteiger partial charge in [0, 0.05) is 38.2 Å². The minimum absolute atomic E-state index is 0.0252. The topological polar surface area (TPSA) is 69.2 Å². The zero-order valence-electron chi connectivity index (χ0n) is 18.3. The highest BCUT2D eigenvalue weighted by atomic mass is 19.1. The molecule has 2 aliphatic heterocycles. The Bertz CT molecular complexity index is 955. The maximum atomic E-state index is 13.3. The molecule has 0 aliphatic carbocycles. The standard InChI is InChI=1S/C25H29FN2O4/c1-30-23-5-3-2-4-21(23)22-16-20(32-28-22)17-25(11-14-31-15-12-25)24(29)27-13-10-18-6-8-19(26)9-7-18/h2-9,20H,10-17H2,1H3,(H,27,29). The van der Waals surface area contributed by atoms with E-state index in [1.54, 1.807) is 19.2 Å². The summed E-state index contributed by atoms with van der Waals surface area (Å²) in [5.74, 6) is 0.525. The Morgan fingerprint density at radius 3 is 2.69 bits per heavy atom. The second kappa shape index (κ2) is 10.1. The van der Waals surface area contributed by atoms with Gasteiger partial charge >= 0.3 is 0 Å². The fraction of sp³-hybridized carbons (Fsp3) is 0.440. The van der Waals surface area contributed by atoms with Crippen LogP contribution in [0.25, 0.3) is 0 Å². The Labute approximate surface area is 187 Å². The quantitative estimate of drug-likeness (QED) is 0.677. The lowest BCUT2D eigenvalue weighted by molar-refractivity contribution is -0.140. The molecule has 2 aromatic carbocycles. The molecule has 1 N–H and O–H groups in total. The molecule has 1 fully saturated rings. The van der Waals surface area contributed by atoms with E-state index >= 15 is 0 Å². The van der Waals surface area contributed by atoms with Crippen molar-refractivity contribution in [3.05, 3.63) is 65.5 Å². The number of benzene rings is 2. The lowest BCUT2D eigenvalue weighted by Crippen LogP contribution is -2.47. The van der Waals surface area contributed by atoms with E-state index in [-0.39, 0.29) is 17.8 Å². The number of amides is 1. The Morgan fingerprint density at radius 1 is 1.19 bits per heavy atom. The van der Waals surface area contributed by atoms with Crippen molar-refractivity contribution in [2.75, 3.05) is 26.9 Å². The van der Waals surface area contributed by atoms with Gasteiger partial charge in [-0.1, -0.05) is 29.4 Å². The highest BCUT2D eigenvalue weighted by Gasteiger charge is 2.43. The number of halogens is 1. The third kappa shape index (κ3) is 5.10. The van der Waals surface area contributed by atoms with Crippen molar-refractivity contribution in [3.63, 3.8) is 0 Å². The first kappa shape index (κ1) is 22.3. The minimum atomic E-state index is -0.544. The summed E-state index contributed by atoms with van der Waals surface area (Å²) in [5, 5.41) is 7.39. The Hall–Kier alpha value is -2.93. The number of methoxy groups -OCH3 is 1. The van der Waals surface area contributed by atoms with Crippen LogP contribution >= 0.6 is 0 Å². The van der Waals surface area contributed by atoms with E-state index in [0.717, 1.165) is 22.6 Å². The summed E-state index contributed by atoms with van der Waals surface area (Å²) < 4.78 is 24.1. The third-order valence-corrected chi connectivity index (χ3v) is 6.31. The van der Waals surface area contributed by atoms with Crippen LogP contribution < -0.4 is 10.1 Å². The highest BCUT2D eigenvalue weighted by Crippen LogP contribution is 2.39. The molecular formula is C25H29FN2O4. The van der Waals surface area contributed by atoms with E-state index in [4.69, 9.17) is 14.3 Å². The highest BCUT2D eigenvalue weighted by molar-refractivity contribution is 6.03.